The van der Waals surface area contributed by atoms with Gasteiger partial charge < -0.3 is 19.6 Å². The van der Waals surface area contributed by atoms with Crippen LogP contribution in [-0.2, 0) is 6.54 Å². The maximum Gasteiger partial charge on any atom is 0.371 e. The van der Waals surface area contributed by atoms with Gasteiger partial charge in [-0.15, -0.1) is 0 Å². The number of carboxylic acids is 1. The number of carbonyl (C=O) groups is 1. The fourth-order valence-electron chi connectivity index (χ4n) is 1.99. The number of rotatable bonds is 5. The van der Waals surface area contributed by atoms with Crippen molar-refractivity contribution in [2.45, 2.75) is 20.4 Å². The van der Waals surface area contributed by atoms with E-state index in [1.165, 1.54) is 0 Å². The monoisotopic (exact) mass is 275 g/mol. The summed E-state index contributed by atoms with van der Waals surface area (Å²) in [7, 11) is 1.64. The first-order valence-corrected chi connectivity index (χ1v) is 6.22. The van der Waals surface area contributed by atoms with Crippen LogP contribution >= 0.6 is 0 Å². The van der Waals surface area contributed by atoms with Gasteiger partial charge in [0.2, 0.25) is 5.76 Å². The van der Waals surface area contributed by atoms with Crippen molar-refractivity contribution in [2.75, 3.05) is 12.4 Å². The van der Waals surface area contributed by atoms with Crippen LogP contribution in [0.25, 0.3) is 0 Å². The summed E-state index contributed by atoms with van der Waals surface area (Å²) in [6.07, 6.45) is 0. The average molecular weight is 275 g/mol. The molecule has 106 valence electrons. The van der Waals surface area contributed by atoms with Crippen molar-refractivity contribution in [1.29, 1.82) is 0 Å². The molecule has 0 aliphatic carbocycles. The Morgan fingerprint density at radius 3 is 2.65 bits per heavy atom. The zero-order valence-corrected chi connectivity index (χ0v) is 11.7. The molecule has 2 rings (SSSR count). The molecule has 1 aromatic carbocycles. The molecule has 0 aliphatic rings. The number of anilines is 1. The second-order valence-electron chi connectivity index (χ2n) is 4.54. The summed E-state index contributed by atoms with van der Waals surface area (Å²) in [4.78, 5) is 10.8. The number of benzene rings is 1. The summed E-state index contributed by atoms with van der Waals surface area (Å²) in [5.41, 5.74) is 2.81. The number of nitrogens with one attached hydrogen (secondary N) is 1. The molecule has 1 heterocycles. The highest BCUT2D eigenvalue weighted by molar-refractivity contribution is 5.84. The van der Waals surface area contributed by atoms with Gasteiger partial charge in [0.1, 0.15) is 11.5 Å². The van der Waals surface area contributed by atoms with Crippen LogP contribution in [0, 0.1) is 13.8 Å². The molecule has 0 spiro atoms. The third-order valence-electron chi connectivity index (χ3n) is 3.11. The molecule has 0 saturated heterocycles. The van der Waals surface area contributed by atoms with Crippen molar-refractivity contribution in [2.24, 2.45) is 0 Å². The lowest BCUT2D eigenvalue weighted by Crippen LogP contribution is -2.00. The van der Waals surface area contributed by atoms with Crippen LogP contribution in [0.1, 0.15) is 27.4 Å². The van der Waals surface area contributed by atoms with Crippen LogP contribution in [-0.4, -0.2) is 18.2 Å². The van der Waals surface area contributed by atoms with Gasteiger partial charge >= 0.3 is 5.97 Å². The molecule has 0 fully saturated rings. The van der Waals surface area contributed by atoms with Crippen molar-refractivity contribution in [1.82, 2.24) is 0 Å². The van der Waals surface area contributed by atoms with Gasteiger partial charge in [0, 0.05) is 17.8 Å². The number of ether oxygens (including phenoxy) is 1. The minimum absolute atomic E-state index is 0.0368. The first-order chi connectivity index (χ1) is 9.51. The standard InChI is InChI=1S/C15H17NO4/c1-9-6-12(4-5-13(9)19-3)16-8-11-7-14(15(17)18)20-10(11)2/h4-7,16H,8H2,1-3H3,(H,17,18). The first kappa shape index (κ1) is 14.0. The zero-order valence-electron chi connectivity index (χ0n) is 11.7. The van der Waals surface area contributed by atoms with E-state index < -0.39 is 5.97 Å². The van der Waals surface area contributed by atoms with E-state index in [2.05, 4.69) is 5.32 Å². The summed E-state index contributed by atoms with van der Waals surface area (Å²) < 4.78 is 10.4. The summed E-state index contributed by atoms with van der Waals surface area (Å²) in [6, 6.07) is 7.33. The van der Waals surface area contributed by atoms with E-state index in [4.69, 9.17) is 14.3 Å². The Hall–Kier alpha value is -2.43. The molecule has 0 amide bonds. The molecule has 0 aliphatic heterocycles. The van der Waals surface area contributed by atoms with Gasteiger partial charge in [-0.25, -0.2) is 4.79 Å². The lowest BCUT2D eigenvalue weighted by atomic mass is 10.2. The third-order valence-corrected chi connectivity index (χ3v) is 3.11. The number of furan rings is 1. The van der Waals surface area contributed by atoms with E-state index in [1.807, 2.05) is 25.1 Å². The maximum absolute atomic E-state index is 10.8. The molecule has 1 aromatic heterocycles. The van der Waals surface area contributed by atoms with Crippen molar-refractivity contribution < 1.29 is 19.1 Å². The number of hydrogen-bond acceptors (Lipinski definition) is 4. The lowest BCUT2D eigenvalue weighted by molar-refractivity contribution is 0.0661. The lowest BCUT2D eigenvalue weighted by Gasteiger charge is -2.09. The SMILES string of the molecule is COc1ccc(NCc2cc(C(=O)O)oc2C)cc1C. The van der Waals surface area contributed by atoms with Crippen LogP contribution in [0.2, 0.25) is 0 Å². The van der Waals surface area contributed by atoms with Crippen LogP contribution in [0.5, 0.6) is 5.75 Å². The Balaban J connectivity index is 2.08. The predicted molar refractivity (Wildman–Crippen MR) is 75.5 cm³/mol. The molecule has 0 unspecified atom stereocenters. The van der Waals surface area contributed by atoms with E-state index in [1.54, 1.807) is 20.1 Å². The molecule has 5 nitrogen and oxygen atoms in total. The minimum Gasteiger partial charge on any atom is -0.496 e. The molecule has 0 saturated carbocycles. The summed E-state index contributed by atoms with van der Waals surface area (Å²) in [5.74, 6) is 0.355. The van der Waals surface area contributed by atoms with Gasteiger partial charge in [0.15, 0.2) is 0 Å². The Kier molecular flexibility index (Phi) is 3.98. The molecule has 2 N–H and O–H groups in total. The summed E-state index contributed by atoms with van der Waals surface area (Å²) in [6.45, 7) is 4.23. The second kappa shape index (κ2) is 5.69. The van der Waals surface area contributed by atoms with Crippen molar-refractivity contribution in [3.63, 3.8) is 0 Å². The normalized spacial score (nSPS) is 10.3. The molecular weight excluding hydrogens is 258 g/mol. The predicted octanol–water partition coefficient (Wildman–Crippen LogP) is 3.22. The molecule has 5 heteroatoms. The molecular formula is C15H17NO4. The summed E-state index contributed by atoms with van der Waals surface area (Å²) in [5, 5.41) is 12.1. The number of aryl methyl sites for hydroxylation is 2. The van der Waals surface area contributed by atoms with E-state index in [0.717, 1.165) is 22.6 Å². The highest BCUT2D eigenvalue weighted by Gasteiger charge is 2.12. The highest BCUT2D eigenvalue weighted by atomic mass is 16.5. The van der Waals surface area contributed by atoms with Gasteiger partial charge in [-0.1, -0.05) is 0 Å². The quantitative estimate of drug-likeness (QED) is 0.876. The number of hydrogen-bond donors (Lipinski definition) is 2. The number of methoxy groups -OCH3 is 1. The Labute approximate surface area is 117 Å². The van der Waals surface area contributed by atoms with Crippen LogP contribution in [0.3, 0.4) is 0 Å². The largest absolute Gasteiger partial charge is 0.496 e. The molecule has 0 bridgehead atoms. The third kappa shape index (κ3) is 2.93. The second-order valence-corrected chi connectivity index (χ2v) is 4.54. The Morgan fingerprint density at radius 2 is 2.10 bits per heavy atom. The molecule has 2 aromatic rings. The topological polar surface area (TPSA) is 71.7 Å². The minimum atomic E-state index is -1.06. The zero-order chi connectivity index (χ0) is 14.7. The highest BCUT2D eigenvalue weighted by Crippen LogP contribution is 2.22. The Bertz CT molecular complexity index is 631. The van der Waals surface area contributed by atoms with Crippen LogP contribution in [0.4, 0.5) is 5.69 Å². The van der Waals surface area contributed by atoms with Gasteiger partial charge in [-0.3, -0.25) is 0 Å². The average Bonchev–Trinajstić information content (AvgIpc) is 2.78. The number of carboxylic acid groups (broad SMARTS) is 1. The summed E-state index contributed by atoms with van der Waals surface area (Å²) >= 11 is 0. The van der Waals surface area contributed by atoms with Gasteiger partial charge in [0.25, 0.3) is 0 Å². The fraction of sp³-hybridized carbons (Fsp3) is 0.267. The molecule has 20 heavy (non-hydrogen) atoms. The Morgan fingerprint density at radius 1 is 1.35 bits per heavy atom. The van der Waals surface area contributed by atoms with Gasteiger partial charge in [-0.05, 0) is 43.7 Å². The van der Waals surface area contributed by atoms with E-state index in [0.29, 0.717) is 12.3 Å². The van der Waals surface area contributed by atoms with Gasteiger partial charge in [0.05, 0.1) is 7.11 Å². The van der Waals surface area contributed by atoms with E-state index >= 15 is 0 Å². The van der Waals surface area contributed by atoms with Gasteiger partial charge in [-0.2, -0.15) is 0 Å². The van der Waals surface area contributed by atoms with Crippen molar-refractivity contribution in [3.05, 3.63) is 46.9 Å². The molecule has 0 radical (unpaired) electrons. The van der Waals surface area contributed by atoms with Crippen LogP contribution in [0.15, 0.2) is 28.7 Å². The molecule has 0 atom stereocenters. The van der Waals surface area contributed by atoms with E-state index in [-0.39, 0.29) is 5.76 Å². The smallest absolute Gasteiger partial charge is 0.371 e. The fourth-order valence-corrected chi connectivity index (χ4v) is 1.99. The van der Waals surface area contributed by atoms with E-state index in [9.17, 15) is 4.79 Å². The van der Waals surface area contributed by atoms with Crippen LogP contribution < -0.4 is 10.1 Å². The van der Waals surface area contributed by atoms with Crippen molar-refractivity contribution in [3.8, 4) is 5.75 Å². The first-order valence-electron chi connectivity index (χ1n) is 6.22. The number of aromatic carboxylic acids is 1. The van der Waals surface area contributed by atoms with Crippen molar-refractivity contribution >= 4 is 11.7 Å². The maximum atomic E-state index is 10.8.